The van der Waals surface area contributed by atoms with Crippen molar-refractivity contribution in [1.29, 1.82) is 0 Å². The predicted molar refractivity (Wildman–Crippen MR) is 54.8 cm³/mol. The lowest BCUT2D eigenvalue weighted by molar-refractivity contribution is -0.141. The molecule has 2 unspecified atom stereocenters. The van der Waals surface area contributed by atoms with Gasteiger partial charge in [-0.2, -0.15) is 0 Å². The molecule has 0 aromatic heterocycles. The van der Waals surface area contributed by atoms with Crippen molar-refractivity contribution in [2.75, 3.05) is 6.61 Å². The summed E-state index contributed by atoms with van der Waals surface area (Å²) in [6, 6.07) is 0. The summed E-state index contributed by atoms with van der Waals surface area (Å²) in [5.41, 5.74) is -1.01. The van der Waals surface area contributed by atoms with Gasteiger partial charge in [0.15, 0.2) is 0 Å². The van der Waals surface area contributed by atoms with E-state index < -0.39 is 22.3 Å². The van der Waals surface area contributed by atoms with Gasteiger partial charge in [0.25, 0.3) is 0 Å². The molecule has 1 aliphatic rings. The molecule has 3 nitrogen and oxygen atoms in total. The van der Waals surface area contributed by atoms with Crippen LogP contribution in [0.5, 0.6) is 0 Å². The van der Waals surface area contributed by atoms with E-state index in [-0.39, 0.29) is 12.0 Å². The van der Waals surface area contributed by atoms with Gasteiger partial charge in [0, 0.05) is 5.41 Å². The van der Waals surface area contributed by atoms with Gasteiger partial charge in [0.1, 0.15) is 4.84 Å². The first-order valence-electron chi connectivity index (χ1n) is 4.38. The number of aliphatic carboxylic acids is 1. The topological polar surface area (TPSA) is 46.5 Å². The fourth-order valence-electron chi connectivity index (χ4n) is 1.99. The van der Waals surface area contributed by atoms with Crippen molar-refractivity contribution in [3.63, 3.8) is 0 Å². The summed E-state index contributed by atoms with van der Waals surface area (Å²) in [7, 11) is 0. The third-order valence-electron chi connectivity index (χ3n) is 3.22. The first kappa shape index (κ1) is 12.1. The molecule has 1 N–H and O–H groups in total. The van der Waals surface area contributed by atoms with Gasteiger partial charge < -0.3 is 9.84 Å². The minimum atomic E-state index is -0.835. The van der Waals surface area contributed by atoms with Crippen LogP contribution in [0.15, 0.2) is 0 Å². The molecule has 0 aliphatic heterocycles. The Morgan fingerprint density at radius 2 is 2.00 bits per heavy atom. The van der Waals surface area contributed by atoms with Crippen LogP contribution in [-0.2, 0) is 9.53 Å². The van der Waals surface area contributed by atoms with Crippen LogP contribution in [0.3, 0.4) is 0 Å². The van der Waals surface area contributed by atoms with E-state index in [4.69, 9.17) is 33.0 Å². The first-order valence-corrected chi connectivity index (χ1v) is 5.25. The predicted octanol–water partition coefficient (Wildman–Crippen LogP) is 2.31. The number of ether oxygens (including phenoxy) is 1. The van der Waals surface area contributed by atoms with Gasteiger partial charge in [0.05, 0.1) is 18.1 Å². The quantitative estimate of drug-likeness (QED) is 0.768. The molecular formula is C9H14Cl2O3. The van der Waals surface area contributed by atoms with E-state index in [1.54, 1.807) is 6.92 Å². The molecule has 0 heterocycles. The fourth-order valence-corrected chi connectivity index (χ4v) is 2.12. The molecule has 1 aliphatic carbocycles. The zero-order valence-electron chi connectivity index (χ0n) is 8.38. The minimum Gasteiger partial charge on any atom is -0.481 e. The third-order valence-corrected chi connectivity index (χ3v) is 3.48. The fraction of sp³-hybridized carbons (Fsp3) is 0.889. The van der Waals surface area contributed by atoms with E-state index in [2.05, 4.69) is 0 Å². The number of carboxylic acid groups (broad SMARTS) is 1. The number of carbonyl (C=O) groups is 1. The SMILES string of the molecule is CC1(C)C(C(=O)O)C1(C)OCC(Cl)Cl. The Kier molecular flexibility index (Phi) is 3.06. The van der Waals surface area contributed by atoms with Crippen LogP contribution in [0.4, 0.5) is 0 Å². The smallest absolute Gasteiger partial charge is 0.310 e. The van der Waals surface area contributed by atoms with Gasteiger partial charge in [-0.25, -0.2) is 0 Å². The third kappa shape index (κ3) is 1.73. The van der Waals surface area contributed by atoms with Gasteiger partial charge in [-0.05, 0) is 6.92 Å². The lowest BCUT2D eigenvalue weighted by atomic mass is 10.1. The molecule has 2 atom stereocenters. The number of hydrogen-bond acceptors (Lipinski definition) is 2. The maximum atomic E-state index is 10.9. The van der Waals surface area contributed by atoms with E-state index in [1.807, 2.05) is 13.8 Å². The summed E-state index contributed by atoms with van der Waals surface area (Å²) < 4.78 is 5.45. The van der Waals surface area contributed by atoms with E-state index in [1.165, 1.54) is 0 Å². The molecule has 1 rings (SSSR count). The van der Waals surface area contributed by atoms with Crippen LogP contribution in [0.1, 0.15) is 20.8 Å². The molecule has 5 heteroatoms. The summed E-state index contributed by atoms with van der Waals surface area (Å²) in [4.78, 5) is 10.3. The van der Waals surface area contributed by atoms with Crippen molar-refractivity contribution in [3.05, 3.63) is 0 Å². The number of rotatable bonds is 4. The van der Waals surface area contributed by atoms with Crippen molar-refractivity contribution in [2.24, 2.45) is 11.3 Å². The molecule has 0 aromatic rings. The summed E-state index contributed by atoms with van der Waals surface area (Å²) >= 11 is 11.0. The summed E-state index contributed by atoms with van der Waals surface area (Å²) in [5, 5.41) is 8.94. The summed E-state index contributed by atoms with van der Waals surface area (Å²) in [6.45, 7) is 5.67. The zero-order valence-corrected chi connectivity index (χ0v) is 9.89. The second kappa shape index (κ2) is 3.54. The monoisotopic (exact) mass is 240 g/mol. The number of alkyl halides is 2. The van der Waals surface area contributed by atoms with Gasteiger partial charge in [-0.1, -0.05) is 13.8 Å². The Morgan fingerprint density at radius 3 is 2.29 bits per heavy atom. The van der Waals surface area contributed by atoms with Gasteiger partial charge in [-0.15, -0.1) is 23.2 Å². The van der Waals surface area contributed by atoms with Crippen molar-refractivity contribution in [2.45, 2.75) is 31.2 Å². The highest BCUT2D eigenvalue weighted by Crippen LogP contribution is 2.63. The minimum absolute atomic E-state index is 0.160. The van der Waals surface area contributed by atoms with Crippen LogP contribution in [0.2, 0.25) is 0 Å². The largest absolute Gasteiger partial charge is 0.481 e. The van der Waals surface area contributed by atoms with Crippen molar-refractivity contribution < 1.29 is 14.6 Å². The molecule has 0 saturated heterocycles. The van der Waals surface area contributed by atoms with Gasteiger partial charge >= 0.3 is 5.97 Å². The molecule has 0 bridgehead atoms. The molecule has 1 saturated carbocycles. The van der Waals surface area contributed by atoms with Gasteiger partial charge in [-0.3, -0.25) is 4.79 Å². The summed E-state index contributed by atoms with van der Waals surface area (Å²) in [5.74, 6) is -1.32. The van der Waals surface area contributed by atoms with Crippen molar-refractivity contribution >= 4 is 29.2 Å². The van der Waals surface area contributed by atoms with Crippen LogP contribution in [-0.4, -0.2) is 28.1 Å². The van der Waals surface area contributed by atoms with E-state index in [0.717, 1.165) is 0 Å². The molecule has 82 valence electrons. The molecule has 0 amide bonds. The zero-order chi connectivity index (χ0) is 11.1. The normalized spacial score (nSPS) is 34.6. The second-order valence-electron chi connectivity index (χ2n) is 4.30. The number of carboxylic acids is 1. The second-order valence-corrected chi connectivity index (χ2v) is 5.58. The maximum absolute atomic E-state index is 10.9. The first-order chi connectivity index (χ1) is 6.23. The highest BCUT2D eigenvalue weighted by Gasteiger charge is 2.73. The lowest BCUT2D eigenvalue weighted by Gasteiger charge is -2.15. The number of hydrogen-bond donors (Lipinski definition) is 1. The average Bonchev–Trinajstić information content (AvgIpc) is 2.43. The van der Waals surface area contributed by atoms with Crippen molar-refractivity contribution in [1.82, 2.24) is 0 Å². The Labute approximate surface area is 93.3 Å². The van der Waals surface area contributed by atoms with Crippen LogP contribution >= 0.6 is 23.2 Å². The average molecular weight is 241 g/mol. The standard InChI is InChI=1S/C9H14Cl2O3/c1-8(2)6(7(12)13)9(8,3)14-4-5(10)11/h5-6H,4H2,1-3H3,(H,12,13). The Morgan fingerprint density at radius 1 is 1.50 bits per heavy atom. The van der Waals surface area contributed by atoms with Crippen LogP contribution in [0, 0.1) is 11.3 Å². The lowest BCUT2D eigenvalue weighted by Crippen LogP contribution is -2.21. The van der Waals surface area contributed by atoms with Crippen LogP contribution in [0.25, 0.3) is 0 Å². The maximum Gasteiger partial charge on any atom is 0.310 e. The van der Waals surface area contributed by atoms with Crippen LogP contribution < -0.4 is 0 Å². The Bertz CT molecular complexity index is 252. The Hall–Kier alpha value is 0.01000. The molecule has 0 radical (unpaired) electrons. The molecular weight excluding hydrogens is 227 g/mol. The molecule has 1 fully saturated rings. The Balaban J connectivity index is 2.64. The van der Waals surface area contributed by atoms with Crippen molar-refractivity contribution in [3.8, 4) is 0 Å². The van der Waals surface area contributed by atoms with Gasteiger partial charge in [0.2, 0.25) is 0 Å². The highest BCUT2D eigenvalue weighted by molar-refractivity contribution is 6.44. The van der Waals surface area contributed by atoms with E-state index in [0.29, 0.717) is 0 Å². The summed E-state index contributed by atoms with van der Waals surface area (Å²) in [6.07, 6.45) is 0. The van der Waals surface area contributed by atoms with E-state index >= 15 is 0 Å². The highest BCUT2D eigenvalue weighted by atomic mass is 35.5. The number of halogens is 2. The molecule has 14 heavy (non-hydrogen) atoms. The molecule has 0 spiro atoms. The molecule has 0 aromatic carbocycles. The van der Waals surface area contributed by atoms with E-state index in [9.17, 15) is 4.79 Å².